The van der Waals surface area contributed by atoms with Crippen molar-refractivity contribution < 1.29 is 18.0 Å². The summed E-state index contributed by atoms with van der Waals surface area (Å²) in [6.07, 6.45) is 0.755. The van der Waals surface area contributed by atoms with E-state index in [0.717, 1.165) is 15.9 Å². The first-order valence-electron chi connectivity index (χ1n) is 5.28. The van der Waals surface area contributed by atoms with Crippen LogP contribution in [0.25, 0.3) is 0 Å². The van der Waals surface area contributed by atoms with Crippen LogP contribution in [0, 0.1) is 0 Å². The van der Waals surface area contributed by atoms with E-state index in [0.29, 0.717) is 6.42 Å². The van der Waals surface area contributed by atoms with Gasteiger partial charge in [0, 0.05) is 18.9 Å². The summed E-state index contributed by atoms with van der Waals surface area (Å²) in [5, 5.41) is 0. The molecule has 1 rings (SSSR count). The van der Waals surface area contributed by atoms with Crippen molar-refractivity contribution in [2.24, 2.45) is 0 Å². The zero-order valence-electron chi connectivity index (χ0n) is 9.44. The molecule has 0 aromatic carbocycles. The molecule has 0 radical (unpaired) electrons. The van der Waals surface area contributed by atoms with Crippen molar-refractivity contribution in [2.45, 2.75) is 25.9 Å². The smallest absolute Gasteiger partial charge is 0.315 e. The first-order chi connectivity index (χ1) is 7.94. The van der Waals surface area contributed by atoms with Crippen LogP contribution in [-0.4, -0.2) is 39.7 Å². The van der Waals surface area contributed by atoms with E-state index < -0.39 is 18.8 Å². The van der Waals surface area contributed by atoms with Gasteiger partial charge in [0.1, 0.15) is 12.9 Å². The predicted molar refractivity (Wildman–Crippen MR) is 55.6 cm³/mol. The van der Waals surface area contributed by atoms with E-state index in [4.69, 9.17) is 0 Å². The fraction of sp³-hybridized carbons (Fsp3) is 0.600. The molecule has 17 heavy (non-hydrogen) atoms. The Labute approximate surface area is 97.0 Å². The lowest BCUT2D eigenvalue weighted by atomic mass is 10.3. The molecule has 0 spiro atoms. The van der Waals surface area contributed by atoms with Crippen LogP contribution in [0.1, 0.15) is 19.8 Å². The van der Waals surface area contributed by atoms with Gasteiger partial charge in [-0.3, -0.25) is 4.57 Å². The molecule has 1 amide bonds. The van der Waals surface area contributed by atoms with Gasteiger partial charge in [0.25, 0.3) is 0 Å². The highest BCUT2D eigenvalue weighted by Gasteiger charge is 2.33. The van der Waals surface area contributed by atoms with Crippen molar-refractivity contribution in [3.8, 4) is 0 Å². The number of hydrogen-bond acceptors (Lipinski definition) is 2. The third-order valence-corrected chi connectivity index (χ3v) is 2.15. The zero-order chi connectivity index (χ0) is 12.9. The molecule has 96 valence electrons. The van der Waals surface area contributed by atoms with Crippen molar-refractivity contribution >= 4 is 6.03 Å². The third kappa shape index (κ3) is 4.46. The Bertz CT molecular complexity index is 348. The Hall–Kier alpha value is -1.53. The molecule has 0 fully saturated rings. The molecule has 0 saturated heterocycles. The topological polar surface area (TPSA) is 38.1 Å². The fourth-order valence-corrected chi connectivity index (χ4v) is 1.34. The number of unbranched alkanes of at least 4 members (excludes halogenated alkanes) is 1. The lowest BCUT2D eigenvalue weighted by Crippen LogP contribution is -2.41. The zero-order valence-corrected chi connectivity index (χ0v) is 9.44. The highest BCUT2D eigenvalue weighted by atomic mass is 19.4. The Balaban J connectivity index is 2.72. The fourth-order valence-electron chi connectivity index (χ4n) is 1.34. The predicted octanol–water partition coefficient (Wildman–Crippen LogP) is 2.52. The van der Waals surface area contributed by atoms with E-state index in [1.165, 1.54) is 18.7 Å². The summed E-state index contributed by atoms with van der Waals surface area (Å²) in [7, 11) is 0. The van der Waals surface area contributed by atoms with Gasteiger partial charge in [0.2, 0.25) is 0 Å². The number of imidazole rings is 1. The van der Waals surface area contributed by atoms with Crippen molar-refractivity contribution in [1.82, 2.24) is 14.5 Å². The lowest BCUT2D eigenvalue weighted by Gasteiger charge is -2.23. The minimum atomic E-state index is -4.38. The molecule has 1 aromatic rings. The van der Waals surface area contributed by atoms with Gasteiger partial charge >= 0.3 is 12.2 Å². The molecule has 0 aliphatic rings. The average molecular weight is 249 g/mol. The number of halogens is 3. The van der Waals surface area contributed by atoms with Crippen molar-refractivity contribution in [3.63, 3.8) is 0 Å². The highest BCUT2D eigenvalue weighted by Crippen LogP contribution is 2.17. The molecule has 4 nitrogen and oxygen atoms in total. The third-order valence-electron chi connectivity index (χ3n) is 2.15. The van der Waals surface area contributed by atoms with E-state index in [-0.39, 0.29) is 6.54 Å². The largest absolute Gasteiger partial charge is 0.406 e. The number of carbonyl (C=O) groups is 1. The highest BCUT2D eigenvalue weighted by molar-refractivity contribution is 5.76. The maximum atomic E-state index is 12.3. The van der Waals surface area contributed by atoms with E-state index in [1.807, 2.05) is 6.92 Å². The van der Waals surface area contributed by atoms with Crippen molar-refractivity contribution in [3.05, 3.63) is 18.7 Å². The van der Waals surface area contributed by atoms with Crippen LogP contribution in [0.5, 0.6) is 0 Å². The number of rotatable bonds is 4. The molecule has 0 atom stereocenters. The average Bonchev–Trinajstić information content (AvgIpc) is 2.74. The summed E-state index contributed by atoms with van der Waals surface area (Å²) in [6, 6.07) is -0.701. The van der Waals surface area contributed by atoms with Gasteiger partial charge in [0.15, 0.2) is 0 Å². The van der Waals surface area contributed by atoms with Crippen LogP contribution in [0.4, 0.5) is 18.0 Å². The number of aromatic nitrogens is 2. The minimum absolute atomic E-state index is 0.0903. The van der Waals surface area contributed by atoms with Gasteiger partial charge in [-0.15, -0.1) is 0 Å². The molecule has 0 bridgehead atoms. The lowest BCUT2D eigenvalue weighted by molar-refractivity contribution is -0.140. The second-order valence-electron chi connectivity index (χ2n) is 3.64. The Morgan fingerprint density at radius 1 is 1.47 bits per heavy atom. The van der Waals surface area contributed by atoms with E-state index in [1.54, 1.807) is 0 Å². The van der Waals surface area contributed by atoms with Crippen LogP contribution in [0.15, 0.2) is 18.7 Å². The number of hydrogen-bond donors (Lipinski definition) is 0. The molecule has 0 N–H and O–H groups in total. The molecule has 0 unspecified atom stereocenters. The molecular formula is C10H14F3N3O. The summed E-state index contributed by atoms with van der Waals surface area (Å²) >= 11 is 0. The second kappa shape index (κ2) is 5.70. The molecular weight excluding hydrogens is 235 g/mol. The van der Waals surface area contributed by atoms with Gasteiger partial charge in [-0.25, -0.2) is 9.78 Å². The Morgan fingerprint density at radius 3 is 2.65 bits per heavy atom. The monoisotopic (exact) mass is 249 g/mol. The normalized spacial score (nSPS) is 11.5. The number of amides is 1. The number of alkyl halides is 3. The summed E-state index contributed by atoms with van der Waals surface area (Å²) in [5.41, 5.74) is 0. The van der Waals surface area contributed by atoms with Gasteiger partial charge < -0.3 is 4.90 Å². The first kappa shape index (κ1) is 13.5. The maximum absolute atomic E-state index is 12.3. The van der Waals surface area contributed by atoms with Gasteiger partial charge in [-0.2, -0.15) is 13.2 Å². The molecule has 1 heterocycles. The standard InChI is InChI=1S/C10H14F3N3O/c1-2-3-5-15(7-10(11,12)13)9(17)16-6-4-14-8-16/h4,6,8H,2-3,5,7H2,1H3. The summed E-state index contributed by atoms with van der Waals surface area (Å²) in [4.78, 5) is 16.2. The van der Waals surface area contributed by atoms with Crippen LogP contribution >= 0.6 is 0 Å². The second-order valence-corrected chi connectivity index (χ2v) is 3.64. The Morgan fingerprint density at radius 2 is 2.18 bits per heavy atom. The molecule has 1 aromatic heterocycles. The van der Waals surface area contributed by atoms with Crippen LogP contribution in [0.3, 0.4) is 0 Å². The SMILES string of the molecule is CCCCN(CC(F)(F)F)C(=O)n1ccnc1. The maximum Gasteiger partial charge on any atom is 0.406 e. The number of carbonyl (C=O) groups excluding carboxylic acids is 1. The van der Waals surface area contributed by atoms with Gasteiger partial charge in [0.05, 0.1) is 0 Å². The molecule has 7 heteroatoms. The van der Waals surface area contributed by atoms with E-state index >= 15 is 0 Å². The summed E-state index contributed by atoms with van der Waals surface area (Å²) < 4.78 is 38.0. The summed E-state index contributed by atoms with van der Waals surface area (Å²) in [6.45, 7) is 0.713. The van der Waals surface area contributed by atoms with E-state index in [2.05, 4.69) is 4.98 Å². The molecule has 0 aliphatic carbocycles. The van der Waals surface area contributed by atoms with Crippen LogP contribution in [0.2, 0.25) is 0 Å². The Kier molecular flexibility index (Phi) is 4.53. The molecule has 0 aliphatic heterocycles. The first-order valence-corrected chi connectivity index (χ1v) is 5.28. The van der Waals surface area contributed by atoms with Crippen LogP contribution in [-0.2, 0) is 0 Å². The minimum Gasteiger partial charge on any atom is -0.315 e. The van der Waals surface area contributed by atoms with Crippen molar-refractivity contribution in [2.75, 3.05) is 13.1 Å². The van der Waals surface area contributed by atoms with Crippen LogP contribution < -0.4 is 0 Å². The number of nitrogens with zero attached hydrogens (tertiary/aromatic N) is 3. The van der Waals surface area contributed by atoms with Gasteiger partial charge in [-0.05, 0) is 6.42 Å². The molecule has 0 saturated carbocycles. The van der Waals surface area contributed by atoms with Gasteiger partial charge in [-0.1, -0.05) is 13.3 Å². The van der Waals surface area contributed by atoms with E-state index in [9.17, 15) is 18.0 Å². The quantitative estimate of drug-likeness (QED) is 0.822. The van der Waals surface area contributed by atoms with Crippen molar-refractivity contribution in [1.29, 1.82) is 0 Å². The summed E-state index contributed by atoms with van der Waals surface area (Å²) in [5.74, 6) is 0.